The summed E-state index contributed by atoms with van der Waals surface area (Å²) in [5.41, 5.74) is 2.67. The topological polar surface area (TPSA) is 21.3 Å². The molecule has 1 aromatic carbocycles. The van der Waals surface area contributed by atoms with E-state index in [9.17, 15) is 0 Å². The lowest BCUT2D eigenvalue weighted by atomic mass is 10.0. The highest BCUT2D eigenvalue weighted by atomic mass is 32.1. The van der Waals surface area contributed by atoms with Crippen molar-refractivity contribution < 1.29 is 4.74 Å². The highest BCUT2D eigenvalue weighted by Gasteiger charge is 2.13. The van der Waals surface area contributed by atoms with Crippen molar-refractivity contribution in [2.24, 2.45) is 0 Å². The van der Waals surface area contributed by atoms with Crippen molar-refractivity contribution in [2.75, 3.05) is 14.2 Å². The van der Waals surface area contributed by atoms with E-state index in [0.29, 0.717) is 6.04 Å². The van der Waals surface area contributed by atoms with Crippen LogP contribution in [0.15, 0.2) is 35.7 Å². The van der Waals surface area contributed by atoms with Crippen LogP contribution in [-0.2, 0) is 6.42 Å². The molecule has 0 saturated heterocycles. The van der Waals surface area contributed by atoms with Crippen LogP contribution in [0.3, 0.4) is 0 Å². The molecule has 0 spiro atoms. The molecule has 96 valence electrons. The number of ether oxygens (including phenoxy) is 1. The highest BCUT2D eigenvalue weighted by Crippen LogP contribution is 2.28. The van der Waals surface area contributed by atoms with Gasteiger partial charge in [0.05, 0.1) is 7.11 Å². The van der Waals surface area contributed by atoms with Crippen molar-refractivity contribution in [3.8, 4) is 5.75 Å². The molecule has 1 atom stereocenters. The van der Waals surface area contributed by atoms with Gasteiger partial charge in [-0.3, -0.25) is 0 Å². The van der Waals surface area contributed by atoms with Gasteiger partial charge in [0.15, 0.2) is 0 Å². The van der Waals surface area contributed by atoms with Crippen LogP contribution in [0.25, 0.3) is 0 Å². The molecule has 2 nitrogen and oxygen atoms in total. The van der Waals surface area contributed by atoms with Crippen molar-refractivity contribution in [1.29, 1.82) is 0 Å². The van der Waals surface area contributed by atoms with E-state index in [0.717, 1.165) is 12.2 Å². The summed E-state index contributed by atoms with van der Waals surface area (Å²) in [6.07, 6.45) is 1.00. The Kier molecular flexibility index (Phi) is 4.39. The average molecular weight is 261 g/mol. The van der Waals surface area contributed by atoms with Crippen molar-refractivity contribution in [1.82, 2.24) is 5.32 Å². The van der Waals surface area contributed by atoms with Gasteiger partial charge in [-0.1, -0.05) is 29.8 Å². The van der Waals surface area contributed by atoms with Crippen molar-refractivity contribution >= 4 is 11.3 Å². The van der Waals surface area contributed by atoms with E-state index in [1.54, 1.807) is 18.4 Å². The molecule has 0 saturated carbocycles. The van der Waals surface area contributed by atoms with Gasteiger partial charge < -0.3 is 10.1 Å². The molecule has 1 unspecified atom stereocenters. The fourth-order valence-corrected chi connectivity index (χ4v) is 3.01. The molecule has 1 N–H and O–H groups in total. The molecule has 3 heteroatoms. The van der Waals surface area contributed by atoms with Crippen LogP contribution in [0.5, 0.6) is 5.75 Å². The molecule has 0 aliphatic carbocycles. The number of aryl methyl sites for hydroxylation is 1. The van der Waals surface area contributed by atoms with E-state index in [1.807, 2.05) is 7.05 Å². The summed E-state index contributed by atoms with van der Waals surface area (Å²) >= 11 is 1.74. The molecule has 1 aromatic heterocycles. The van der Waals surface area contributed by atoms with E-state index in [2.05, 4.69) is 48.0 Å². The van der Waals surface area contributed by atoms with E-state index < -0.39 is 0 Å². The lowest BCUT2D eigenvalue weighted by Gasteiger charge is -2.14. The molecule has 1 heterocycles. The molecular weight excluding hydrogens is 242 g/mol. The van der Waals surface area contributed by atoms with Gasteiger partial charge in [-0.25, -0.2) is 0 Å². The quantitative estimate of drug-likeness (QED) is 0.888. The number of methoxy groups -OCH3 is 1. The number of rotatable bonds is 5. The summed E-state index contributed by atoms with van der Waals surface area (Å²) in [6.45, 7) is 2.13. The second-order valence-corrected chi connectivity index (χ2v) is 5.37. The number of nitrogens with one attached hydrogen (secondary N) is 1. The minimum atomic E-state index is 0.348. The van der Waals surface area contributed by atoms with Crippen LogP contribution in [0.1, 0.15) is 22.0 Å². The summed E-state index contributed by atoms with van der Waals surface area (Å²) in [7, 11) is 3.72. The zero-order valence-corrected chi connectivity index (χ0v) is 11.9. The summed E-state index contributed by atoms with van der Waals surface area (Å²) < 4.78 is 5.24. The first-order valence-corrected chi connectivity index (χ1v) is 6.96. The van der Waals surface area contributed by atoms with Crippen molar-refractivity contribution in [2.45, 2.75) is 19.4 Å². The molecule has 0 aliphatic heterocycles. The first kappa shape index (κ1) is 13.1. The van der Waals surface area contributed by atoms with Crippen LogP contribution in [-0.4, -0.2) is 14.2 Å². The maximum absolute atomic E-state index is 5.24. The number of hydrogen-bond acceptors (Lipinski definition) is 3. The normalized spacial score (nSPS) is 12.4. The monoisotopic (exact) mass is 261 g/mol. The Hall–Kier alpha value is -1.32. The van der Waals surface area contributed by atoms with E-state index in [1.165, 1.54) is 16.0 Å². The zero-order chi connectivity index (χ0) is 13.0. The SMILES string of the molecule is CNC(Cc1cccc(C)c1)c1cc(OC)cs1. The van der Waals surface area contributed by atoms with Crippen molar-refractivity contribution in [3.63, 3.8) is 0 Å². The van der Waals surface area contributed by atoms with Crippen LogP contribution < -0.4 is 10.1 Å². The minimum Gasteiger partial charge on any atom is -0.496 e. The Morgan fingerprint density at radius 1 is 1.33 bits per heavy atom. The first-order chi connectivity index (χ1) is 8.72. The largest absolute Gasteiger partial charge is 0.496 e. The molecule has 2 rings (SSSR count). The Balaban J connectivity index is 2.14. The number of hydrogen-bond donors (Lipinski definition) is 1. The summed E-state index contributed by atoms with van der Waals surface area (Å²) in [5.74, 6) is 0.944. The molecular formula is C15H19NOS. The Morgan fingerprint density at radius 2 is 2.17 bits per heavy atom. The molecule has 18 heavy (non-hydrogen) atoms. The molecule has 0 radical (unpaired) electrons. The predicted molar refractivity (Wildman–Crippen MR) is 77.6 cm³/mol. The summed E-state index contributed by atoms with van der Waals surface area (Å²) in [6, 6.07) is 11.1. The van der Waals surface area contributed by atoms with Gasteiger partial charge in [-0.05, 0) is 32.0 Å². The number of likely N-dealkylation sites (N-methyl/N-ethyl adjacent to an activating group) is 1. The molecule has 0 aliphatic rings. The van der Waals surface area contributed by atoms with Gasteiger partial charge in [0, 0.05) is 16.3 Å². The third-order valence-electron chi connectivity index (χ3n) is 3.05. The number of thiophene rings is 1. The number of benzene rings is 1. The fourth-order valence-electron chi connectivity index (χ4n) is 2.04. The Bertz CT molecular complexity index is 507. The molecule has 0 fully saturated rings. The van der Waals surface area contributed by atoms with E-state index in [-0.39, 0.29) is 0 Å². The highest BCUT2D eigenvalue weighted by molar-refractivity contribution is 7.10. The lowest BCUT2D eigenvalue weighted by Crippen LogP contribution is -2.17. The van der Waals surface area contributed by atoms with Crippen LogP contribution >= 0.6 is 11.3 Å². The van der Waals surface area contributed by atoms with Gasteiger partial charge in [-0.15, -0.1) is 11.3 Å². The zero-order valence-electron chi connectivity index (χ0n) is 11.1. The lowest BCUT2D eigenvalue weighted by molar-refractivity contribution is 0.416. The predicted octanol–water partition coefficient (Wildman–Crippen LogP) is 3.57. The minimum absolute atomic E-state index is 0.348. The van der Waals surface area contributed by atoms with E-state index >= 15 is 0 Å². The van der Waals surface area contributed by atoms with Gasteiger partial charge in [0.25, 0.3) is 0 Å². The summed E-state index contributed by atoms with van der Waals surface area (Å²) in [5, 5.41) is 5.43. The third-order valence-corrected chi connectivity index (χ3v) is 4.07. The maximum Gasteiger partial charge on any atom is 0.129 e. The van der Waals surface area contributed by atoms with Gasteiger partial charge >= 0.3 is 0 Å². The van der Waals surface area contributed by atoms with E-state index in [4.69, 9.17) is 4.74 Å². The van der Waals surface area contributed by atoms with Crippen LogP contribution in [0.2, 0.25) is 0 Å². The second kappa shape index (κ2) is 6.03. The standard InChI is InChI=1S/C15H19NOS/c1-11-5-4-6-12(7-11)8-14(16-2)15-9-13(17-3)10-18-15/h4-7,9-10,14,16H,8H2,1-3H3. The molecule has 0 bridgehead atoms. The van der Waals surface area contributed by atoms with Crippen LogP contribution in [0, 0.1) is 6.92 Å². The maximum atomic E-state index is 5.24. The molecule has 0 amide bonds. The van der Waals surface area contributed by atoms with Crippen LogP contribution in [0.4, 0.5) is 0 Å². The Morgan fingerprint density at radius 3 is 2.78 bits per heavy atom. The smallest absolute Gasteiger partial charge is 0.129 e. The van der Waals surface area contributed by atoms with Gasteiger partial charge in [-0.2, -0.15) is 0 Å². The third kappa shape index (κ3) is 3.12. The van der Waals surface area contributed by atoms with Gasteiger partial charge in [0.1, 0.15) is 5.75 Å². The Labute approximate surface area is 113 Å². The average Bonchev–Trinajstić information content (AvgIpc) is 2.84. The van der Waals surface area contributed by atoms with Gasteiger partial charge in [0.2, 0.25) is 0 Å². The van der Waals surface area contributed by atoms with Crippen molar-refractivity contribution in [3.05, 3.63) is 51.7 Å². The fraction of sp³-hybridized carbons (Fsp3) is 0.333. The second-order valence-electron chi connectivity index (χ2n) is 4.42. The summed E-state index contributed by atoms with van der Waals surface area (Å²) in [4.78, 5) is 1.32. The molecule has 2 aromatic rings. The first-order valence-electron chi connectivity index (χ1n) is 6.08.